The van der Waals surface area contributed by atoms with Crippen molar-refractivity contribution in [2.75, 3.05) is 23.7 Å². The SMILES string of the molecule is CC1CCCCC1.CCCNc1nc(NCC(=O)NCc2ccc(C#N)cc2)cc(-n2cccc2)n1. The van der Waals surface area contributed by atoms with E-state index in [2.05, 4.69) is 45.8 Å². The summed E-state index contributed by atoms with van der Waals surface area (Å²) in [5.74, 6) is 2.67. The molecule has 190 valence electrons. The van der Waals surface area contributed by atoms with Crippen molar-refractivity contribution in [2.45, 2.75) is 58.9 Å². The number of nitrogens with one attached hydrogen (secondary N) is 3. The number of nitrogens with zero attached hydrogens (tertiary/aromatic N) is 4. The standard InChI is InChI=1S/C21H23N7O.C7H14/c1-2-9-23-21-26-18(12-19(27-21)28-10-3-4-11-28)24-15-20(29)25-14-17-7-5-16(13-22)6-8-17;1-7-5-3-2-4-6-7/h3-8,10-12H,2,9,14-15H2,1H3,(H,25,29)(H2,23,24,26,27);7H,2-6H2,1H3. The average Bonchev–Trinajstić information content (AvgIpc) is 3.46. The molecule has 3 aromatic rings. The first-order chi connectivity index (χ1) is 17.6. The average molecular weight is 488 g/mol. The van der Waals surface area contributed by atoms with Crippen LogP contribution in [-0.2, 0) is 11.3 Å². The maximum absolute atomic E-state index is 12.2. The van der Waals surface area contributed by atoms with Gasteiger partial charge in [0.2, 0.25) is 11.9 Å². The van der Waals surface area contributed by atoms with Gasteiger partial charge in [0.15, 0.2) is 0 Å². The first-order valence-corrected chi connectivity index (χ1v) is 12.8. The smallest absolute Gasteiger partial charge is 0.239 e. The summed E-state index contributed by atoms with van der Waals surface area (Å²) < 4.78 is 1.88. The number of carbonyl (C=O) groups excluding carboxylic acids is 1. The molecule has 8 heteroatoms. The van der Waals surface area contributed by atoms with E-state index in [-0.39, 0.29) is 12.5 Å². The Morgan fingerprint density at radius 1 is 1.08 bits per heavy atom. The van der Waals surface area contributed by atoms with Crippen molar-refractivity contribution < 1.29 is 4.79 Å². The fraction of sp³-hybridized carbons (Fsp3) is 0.429. The van der Waals surface area contributed by atoms with Gasteiger partial charge in [-0.2, -0.15) is 15.2 Å². The van der Waals surface area contributed by atoms with Gasteiger partial charge >= 0.3 is 0 Å². The molecule has 0 saturated heterocycles. The molecule has 0 spiro atoms. The van der Waals surface area contributed by atoms with Crippen molar-refractivity contribution in [2.24, 2.45) is 5.92 Å². The second-order valence-electron chi connectivity index (χ2n) is 9.13. The van der Waals surface area contributed by atoms with Crippen LogP contribution in [0.2, 0.25) is 0 Å². The zero-order chi connectivity index (χ0) is 25.6. The monoisotopic (exact) mass is 487 g/mol. The predicted octanol–water partition coefficient (Wildman–Crippen LogP) is 5.28. The Hall–Kier alpha value is -3.86. The topological polar surface area (TPSA) is 108 Å². The maximum Gasteiger partial charge on any atom is 0.239 e. The number of carbonyl (C=O) groups is 1. The lowest BCUT2D eigenvalue weighted by molar-refractivity contribution is -0.119. The van der Waals surface area contributed by atoms with E-state index in [1.807, 2.05) is 41.2 Å². The third-order valence-corrected chi connectivity index (χ3v) is 6.01. The highest BCUT2D eigenvalue weighted by atomic mass is 16.1. The van der Waals surface area contributed by atoms with Crippen LogP contribution in [0, 0.1) is 17.2 Å². The molecule has 1 aliphatic carbocycles. The van der Waals surface area contributed by atoms with E-state index in [0.717, 1.165) is 24.4 Å². The quantitative estimate of drug-likeness (QED) is 0.379. The van der Waals surface area contributed by atoms with Gasteiger partial charge in [-0.15, -0.1) is 0 Å². The first-order valence-electron chi connectivity index (χ1n) is 12.8. The highest BCUT2D eigenvalue weighted by Gasteiger charge is 2.08. The summed E-state index contributed by atoms with van der Waals surface area (Å²) in [6.07, 6.45) is 12.2. The molecule has 1 aliphatic rings. The van der Waals surface area contributed by atoms with E-state index >= 15 is 0 Å². The Kier molecular flexibility index (Phi) is 10.8. The molecule has 2 heterocycles. The maximum atomic E-state index is 12.2. The highest BCUT2D eigenvalue weighted by Crippen LogP contribution is 2.22. The lowest BCUT2D eigenvalue weighted by atomic mass is 9.91. The summed E-state index contributed by atoms with van der Waals surface area (Å²) in [6.45, 7) is 5.68. The van der Waals surface area contributed by atoms with Gasteiger partial charge < -0.3 is 20.5 Å². The number of rotatable bonds is 9. The number of amides is 1. The van der Waals surface area contributed by atoms with Gasteiger partial charge in [0, 0.05) is 31.5 Å². The van der Waals surface area contributed by atoms with E-state index in [0.29, 0.717) is 29.7 Å². The molecule has 1 aromatic carbocycles. The van der Waals surface area contributed by atoms with Gasteiger partial charge in [-0.1, -0.05) is 58.1 Å². The molecule has 0 aliphatic heterocycles. The predicted molar refractivity (Wildman–Crippen MR) is 144 cm³/mol. The van der Waals surface area contributed by atoms with Crippen molar-refractivity contribution >= 4 is 17.7 Å². The van der Waals surface area contributed by atoms with Gasteiger partial charge in [0.1, 0.15) is 11.6 Å². The van der Waals surface area contributed by atoms with Crippen LogP contribution in [0.5, 0.6) is 0 Å². The third-order valence-electron chi connectivity index (χ3n) is 6.01. The molecule has 0 radical (unpaired) electrons. The van der Waals surface area contributed by atoms with Gasteiger partial charge in [-0.25, -0.2) is 0 Å². The molecule has 1 fully saturated rings. The van der Waals surface area contributed by atoms with Crippen molar-refractivity contribution in [3.8, 4) is 11.9 Å². The molecular formula is C28H37N7O. The Labute approximate surface area is 214 Å². The Morgan fingerprint density at radius 2 is 1.81 bits per heavy atom. The Bertz CT molecular complexity index is 1100. The minimum absolute atomic E-state index is 0.0889. The van der Waals surface area contributed by atoms with E-state index in [9.17, 15) is 4.79 Å². The lowest BCUT2D eigenvalue weighted by Gasteiger charge is -2.15. The Morgan fingerprint density at radius 3 is 2.42 bits per heavy atom. The summed E-state index contributed by atoms with van der Waals surface area (Å²) in [6, 6.07) is 14.8. The molecule has 1 saturated carbocycles. The van der Waals surface area contributed by atoms with Crippen LogP contribution in [0.25, 0.3) is 5.82 Å². The number of aromatic nitrogens is 3. The van der Waals surface area contributed by atoms with E-state index in [4.69, 9.17) is 5.26 Å². The van der Waals surface area contributed by atoms with Crippen LogP contribution in [0.3, 0.4) is 0 Å². The fourth-order valence-corrected chi connectivity index (χ4v) is 3.90. The summed E-state index contributed by atoms with van der Waals surface area (Å²) in [4.78, 5) is 21.1. The molecule has 8 nitrogen and oxygen atoms in total. The van der Waals surface area contributed by atoms with E-state index < -0.39 is 0 Å². The summed E-state index contributed by atoms with van der Waals surface area (Å²) in [5, 5.41) is 17.9. The molecule has 4 rings (SSSR count). The number of hydrogen-bond donors (Lipinski definition) is 3. The van der Waals surface area contributed by atoms with Gasteiger partial charge in [0.25, 0.3) is 0 Å². The van der Waals surface area contributed by atoms with Crippen molar-refractivity contribution in [1.82, 2.24) is 19.9 Å². The molecule has 0 atom stereocenters. The van der Waals surface area contributed by atoms with Gasteiger partial charge in [-0.3, -0.25) is 4.79 Å². The highest BCUT2D eigenvalue weighted by molar-refractivity contribution is 5.80. The minimum Gasteiger partial charge on any atom is -0.361 e. The third kappa shape index (κ3) is 9.06. The van der Waals surface area contributed by atoms with Gasteiger partial charge in [0.05, 0.1) is 18.2 Å². The largest absolute Gasteiger partial charge is 0.361 e. The van der Waals surface area contributed by atoms with Crippen LogP contribution >= 0.6 is 0 Å². The van der Waals surface area contributed by atoms with Crippen LogP contribution in [0.4, 0.5) is 11.8 Å². The summed E-state index contributed by atoms with van der Waals surface area (Å²) in [7, 11) is 0. The molecular weight excluding hydrogens is 450 g/mol. The van der Waals surface area contributed by atoms with Crippen LogP contribution < -0.4 is 16.0 Å². The Balaban J connectivity index is 0.000000444. The number of hydrogen-bond acceptors (Lipinski definition) is 6. The van der Waals surface area contributed by atoms with E-state index in [1.165, 1.54) is 32.1 Å². The van der Waals surface area contributed by atoms with Crippen LogP contribution in [-0.4, -0.2) is 33.5 Å². The van der Waals surface area contributed by atoms with Crippen molar-refractivity contribution in [3.63, 3.8) is 0 Å². The van der Waals surface area contributed by atoms with Crippen molar-refractivity contribution in [1.29, 1.82) is 5.26 Å². The molecule has 0 bridgehead atoms. The first kappa shape index (κ1) is 26.7. The van der Waals surface area contributed by atoms with Crippen LogP contribution in [0.15, 0.2) is 54.9 Å². The van der Waals surface area contributed by atoms with Crippen LogP contribution in [0.1, 0.15) is 63.5 Å². The normalized spacial score (nSPS) is 13.1. The second kappa shape index (κ2) is 14.5. The van der Waals surface area contributed by atoms with Crippen molar-refractivity contribution in [3.05, 3.63) is 66.0 Å². The molecule has 0 unspecified atom stereocenters. The molecule has 2 aromatic heterocycles. The number of nitriles is 1. The molecule has 36 heavy (non-hydrogen) atoms. The zero-order valence-electron chi connectivity index (χ0n) is 21.3. The minimum atomic E-state index is -0.154. The molecule has 1 amide bonds. The zero-order valence-corrected chi connectivity index (χ0v) is 21.3. The molecule has 3 N–H and O–H groups in total. The summed E-state index contributed by atoms with van der Waals surface area (Å²) in [5.41, 5.74) is 1.52. The second-order valence-corrected chi connectivity index (χ2v) is 9.13. The lowest BCUT2D eigenvalue weighted by Crippen LogP contribution is -2.29. The summed E-state index contributed by atoms with van der Waals surface area (Å²) >= 11 is 0. The van der Waals surface area contributed by atoms with E-state index in [1.54, 1.807) is 18.2 Å². The number of benzene rings is 1. The van der Waals surface area contributed by atoms with Gasteiger partial charge in [-0.05, 0) is 42.2 Å². The number of anilines is 2. The fourth-order valence-electron chi connectivity index (χ4n) is 3.90.